The molecule has 0 bridgehead atoms. The number of halogens is 5. The average molecular weight is 528 g/mol. The van der Waals surface area contributed by atoms with Crippen molar-refractivity contribution in [2.75, 3.05) is 11.9 Å². The Hall–Kier alpha value is -1.96. The van der Waals surface area contributed by atoms with E-state index in [1.807, 2.05) is 28.1 Å². The monoisotopic (exact) mass is 528 g/mol. The summed E-state index contributed by atoms with van der Waals surface area (Å²) in [6, 6.07) is 4.24. The minimum atomic E-state index is -1.85. The smallest absolute Gasteiger partial charge is 0.277 e. The van der Waals surface area contributed by atoms with Crippen molar-refractivity contribution in [3.05, 3.63) is 56.7 Å². The van der Waals surface area contributed by atoms with Crippen molar-refractivity contribution < 1.29 is 37.4 Å². The molecule has 1 amide bonds. The number of anilines is 2. The molecule has 0 heterocycles. The van der Waals surface area contributed by atoms with E-state index in [1.165, 1.54) is 26.0 Å². The highest BCUT2D eigenvalue weighted by Crippen LogP contribution is 2.30. The van der Waals surface area contributed by atoms with Gasteiger partial charge in [-0.3, -0.25) is 9.63 Å². The number of amides is 1. The van der Waals surface area contributed by atoms with Crippen molar-refractivity contribution in [3.63, 3.8) is 0 Å². The van der Waals surface area contributed by atoms with Gasteiger partial charge < -0.3 is 15.5 Å². The van der Waals surface area contributed by atoms with Gasteiger partial charge in [-0.1, -0.05) is 0 Å². The standard InChI is InChI=1S/C18H17F4IN2O4/c1-18(2,13(27)7-26)29-25-17(28)9-6-11(20)14(21)15(22)16(9)24-12-4-3-8(23)5-10(12)19/h3-6,13,24,26-27H,7H2,1-2H3,(H,25,28). The lowest BCUT2D eigenvalue weighted by Gasteiger charge is -2.28. The number of hydrogen-bond acceptors (Lipinski definition) is 5. The average Bonchev–Trinajstić information content (AvgIpc) is 2.67. The van der Waals surface area contributed by atoms with Crippen molar-refractivity contribution in [2.45, 2.75) is 25.6 Å². The number of benzene rings is 2. The van der Waals surface area contributed by atoms with E-state index in [0.717, 1.165) is 6.07 Å². The minimum Gasteiger partial charge on any atom is -0.394 e. The third-order valence-electron chi connectivity index (χ3n) is 3.98. The molecule has 2 rings (SSSR count). The fourth-order valence-electron chi connectivity index (χ4n) is 2.14. The van der Waals surface area contributed by atoms with Crippen LogP contribution in [0.1, 0.15) is 24.2 Å². The number of carbonyl (C=O) groups excluding carboxylic acids is 1. The molecule has 0 spiro atoms. The summed E-state index contributed by atoms with van der Waals surface area (Å²) in [5, 5.41) is 20.9. The number of rotatable bonds is 7. The maximum absolute atomic E-state index is 14.3. The van der Waals surface area contributed by atoms with Crippen molar-refractivity contribution in [1.29, 1.82) is 0 Å². The third-order valence-corrected chi connectivity index (χ3v) is 4.65. The first-order valence-electron chi connectivity index (χ1n) is 8.14. The lowest BCUT2D eigenvalue weighted by Crippen LogP contribution is -2.46. The maximum atomic E-state index is 14.3. The quantitative estimate of drug-likeness (QED) is 0.192. The summed E-state index contributed by atoms with van der Waals surface area (Å²) in [7, 11) is 0. The fourth-order valence-corrected chi connectivity index (χ4v) is 2.60. The highest BCUT2D eigenvalue weighted by molar-refractivity contribution is 14.1. The van der Waals surface area contributed by atoms with Gasteiger partial charge in [0.05, 0.1) is 23.5 Å². The van der Waals surface area contributed by atoms with Gasteiger partial charge in [0.25, 0.3) is 5.91 Å². The van der Waals surface area contributed by atoms with E-state index < -0.39 is 58.7 Å². The Bertz CT molecular complexity index is 927. The summed E-state index contributed by atoms with van der Waals surface area (Å²) in [5.74, 6) is -7.24. The van der Waals surface area contributed by atoms with E-state index in [-0.39, 0.29) is 5.69 Å². The molecule has 1 unspecified atom stereocenters. The Kier molecular flexibility index (Phi) is 7.43. The lowest BCUT2D eigenvalue weighted by atomic mass is 10.0. The SMILES string of the molecule is CC(C)(ONC(=O)c1cc(F)c(F)c(F)c1Nc1ccc(I)cc1F)C(O)CO. The topological polar surface area (TPSA) is 90.8 Å². The number of carbonyl (C=O) groups is 1. The second-order valence-corrected chi connectivity index (χ2v) is 7.74. The van der Waals surface area contributed by atoms with Gasteiger partial charge in [-0.05, 0) is 60.7 Å². The molecule has 0 aromatic heterocycles. The van der Waals surface area contributed by atoms with Crippen molar-refractivity contribution in [2.24, 2.45) is 0 Å². The van der Waals surface area contributed by atoms with Crippen LogP contribution in [0, 0.1) is 26.8 Å². The van der Waals surface area contributed by atoms with Crippen LogP contribution in [0.4, 0.5) is 28.9 Å². The van der Waals surface area contributed by atoms with E-state index in [0.29, 0.717) is 9.64 Å². The van der Waals surface area contributed by atoms with Crippen LogP contribution in [0.3, 0.4) is 0 Å². The van der Waals surface area contributed by atoms with Crippen LogP contribution in [0.5, 0.6) is 0 Å². The summed E-state index contributed by atoms with van der Waals surface area (Å²) < 4.78 is 56.4. The zero-order valence-corrected chi connectivity index (χ0v) is 17.4. The maximum Gasteiger partial charge on any atom is 0.277 e. The Morgan fingerprint density at radius 2 is 1.83 bits per heavy atom. The molecule has 158 valence electrons. The molecule has 4 N–H and O–H groups in total. The molecule has 2 aromatic rings. The van der Waals surface area contributed by atoms with Crippen molar-refractivity contribution in [3.8, 4) is 0 Å². The van der Waals surface area contributed by atoms with Crippen LogP contribution < -0.4 is 10.8 Å². The first kappa shape index (κ1) is 23.3. The number of aliphatic hydroxyl groups is 2. The molecule has 11 heteroatoms. The molecule has 0 aliphatic heterocycles. The summed E-state index contributed by atoms with van der Waals surface area (Å²) in [6.45, 7) is 1.99. The zero-order valence-electron chi connectivity index (χ0n) is 15.2. The normalized spacial score (nSPS) is 12.6. The minimum absolute atomic E-state index is 0.277. The number of hydrogen-bond donors (Lipinski definition) is 4. The van der Waals surface area contributed by atoms with Crippen molar-refractivity contribution >= 4 is 39.9 Å². The van der Waals surface area contributed by atoms with E-state index in [4.69, 9.17) is 9.94 Å². The number of hydroxylamine groups is 1. The van der Waals surface area contributed by atoms with Crippen LogP contribution in [0.2, 0.25) is 0 Å². The van der Waals surface area contributed by atoms with E-state index in [1.54, 1.807) is 0 Å². The molecule has 1 atom stereocenters. The van der Waals surface area contributed by atoms with E-state index >= 15 is 0 Å². The Balaban J connectivity index is 2.39. The van der Waals surface area contributed by atoms with Crippen LogP contribution >= 0.6 is 22.6 Å². The van der Waals surface area contributed by atoms with Gasteiger partial charge in [0.15, 0.2) is 17.5 Å². The molecule has 29 heavy (non-hydrogen) atoms. The highest BCUT2D eigenvalue weighted by Gasteiger charge is 2.31. The molecule has 0 aliphatic rings. The van der Waals surface area contributed by atoms with E-state index in [9.17, 15) is 27.5 Å². The lowest BCUT2D eigenvalue weighted by molar-refractivity contribution is -0.144. The Morgan fingerprint density at radius 3 is 2.41 bits per heavy atom. The van der Waals surface area contributed by atoms with Gasteiger partial charge in [-0.25, -0.2) is 23.0 Å². The highest BCUT2D eigenvalue weighted by atomic mass is 127. The first-order valence-corrected chi connectivity index (χ1v) is 9.22. The van der Waals surface area contributed by atoms with Gasteiger partial charge >= 0.3 is 0 Å². The molecule has 0 saturated carbocycles. The Labute approximate surface area is 177 Å². The zero-order chi connectivity index (χ0) is 21.9. The van der Waals surface area contributed by atoms with E-state index in [2.05, 4.69) is 5.32 Å². The largest absolute Gasteiger partial charge is 0.394 e. The van der Waals surface area contributed by atoms with Gasteiger partial charge in [-0.2, -0.15) is 0 Å². The van der Waals surface area contributed by atoms with Crippen molar-refractivity contribution in [1.82, 2.24) is 5.48 Å². The summed E-state index contributed by atoms with van der Waals surface area (Å²) in [6.07, 6.45) is -1.39. The molecule has 0 fully saturated rings. The predicted molar refractivity (Wildman–Crippen MR) is 104 cm³/mol. The molecular formula is C18H17F4IN2O4. The van der Waals surface area contributed by atoms with Gasteiger partial charge in [0, 0.05) is 3.57 Å². The molecular weight excluding hydrogens is 511 g/mol. The Morgan fingerprint density at radius 1 is 1.17 bits per heavy atom. The summed E-state index contributed by atoms with van der Waals surface area (Å²) in [4.78, 5) is 17.4. The van der Waals surface area contributed by atoms with Crippen LogP contribution in [-0.2, 0) is 4.84 Å². The van der Waals surface area contributed by atoms with Gasteiger partial charge in [-0.15, -0.1) is 0 Å². The van der Waals surface area contributed by atoms with Gasteiger partial charge in [0.1, 0.15) is 17.5 Å². The fraction of sp³-hybridized carbons (Fsp3) is 0.278. The number of nitrogens with one attached hydrogen (secondary N) is 2. The second kappa shape index (κ2) is 9.24. The van der Waals surface area contributed by atoms with Crippen LogP contribution in [-0.4, -0.2) is 34.4 Å². The van der Waals surface area contributed by atoms with Crippen LogP contribution in [0.15, 0.2) is 24.3 Å². The number of aliphatic hydroxyl groups excluding tert-OH is 2. The third kappa shape index (κ3) is 5.35. The molecule has 2 aromatic carbocycles. The second-order valence-electron chi connectivity index (χ2n) is 6.49. The molecule has 6 nitrogen and oxygen atoms in total. The predicted octanol–water partition coefficient (Wildman–Crippen LogP) is 3.38. The molecule has 0 aliphatic carbocycles. The van der Waals surface area contributed by atoms with Gasteiger partial charge in [0.2, 0.25) is 0 Å². The summed E-state index contributed by atoms with van der Waals surface area (Å²) >= 11 is 1.84. The first-order chi connectivity index (χ1) is 13.5. The summed E-state index contributed by atoms with van der Waals surface area (Å²) in [5.41, 5.74) is -1.39. The molecule has 0 radical (unpaired) electrons. The van der Waals surface area contributed by atoms with Crippen LogP contribution in [0.25, 0.3) is 0 Å². The molecule has 0 saturated heterocycles.